The molecule has 0 bridgehead atoms. The third kappa shape index (κ3) is 4.21. The van der Waals surface area contributed by atoms with Crippen LogP contribution in [0.2, 0.25) is 0 Å². The molecule has 21 heavy (non-hydrogen) atoms. The molecule has 1 aromatic rings. The lowest BCUT2D eigenvalue weighted by molar-refractivity contribution is -0.129. The highest BCUT2D eigenvalue weighted by Gasteiger charge is 2.25. The Morgan fingerprint density at radius 2 is 2.24 bits per heavy atom. The molecule has 0 saturated carbocycles. The van der Waals surface area contributed by atoms with Gasteiger partial charge in [-0.25, -0.2) is 0 Å². The van der Waals surface area contributed by atoms with Gasteiger partial charge in [0.15, 0.2) is 0 Å². The van der Waals surface area contributed by atoms with Crippen LogP contribution in [-0.4, -0.2) is 31.5 Å². The van der Waals surface area contributed by atoms with Gasteiger partial charge in [0, 0.05) is 19.0 Å². The summed E-state index contributed by atoms with van der Waals surface area (Å²) in [7, 11) is 1.65. The molecule has 1 fully saturated rings. The Hall–Kier alpha value is -2.04. The average Bonchev–Trinajstić information content (AvgIpc) is 2.48. The SMILES string of the molecule is COc1ccccc1CC(C)NC(=O)C1CCC(=O)NC1. The summed E-state index contributed by atoms with van der Waals surface area (Å²) in [6.45, 7) is 2.41. The van der Waals surface area contributed by atoms with E-state index in [1.807, 2.05) is 31.2 Å². The molecule has 2 N–H and O–H groups in total. The number of piperidine rings is 1. The van der Waals surface area contributed by atoms with Crippen LogP contribution in [0.25, 0.3) is 0 Å². The third-order valence-electron chi connectivity index (χ3n) is 3.74. The molecule has 1 heterocycles. The highest BCUT2D eigenvalue weighted by atomic mass is 16.5. The van der Waals surface area contributed by atoms with Gasteiger partial charge in [-0.15, -0.1) is 0 Å². The Labute approximate surface area is 125 Å². The lowest BCUT2D eigenvalue weighted by Crippen LogP contribution is -2.45. The summed E-state index contributed by atoms with van der Waals surface area (Å²) >= 11 is 0. The second kappa shape index (κ2) is 7.11. The van der Waals surface area contributed by atoms with Crippen LogP contribution in [0.4, 0.5) is 0 Å². The van der Waals surface area contributed by atoms with E-state index in [4.69, 9.17) is 4.74 Å². The minimum absolute atomic E-state index is 0.0115. The van der Waals surface area contributed by atoms with E-state index in [1.54, 1.807) is 7.11 Å². The fourth-order valence-electron chi connectivity index (χ4n) is 2.57. The van der Waals surface area contributed by atoms with Gasteiger partial charge in [0.25, 0.3) is 0 Å². The van der Waals surface area contributed by atoms with Crippen LogP contribution in [-0.2, 0) is 16.0 Å². The van der Waals surface area contributed by atoms with Crippen LogP contribution in [0, 0.1) is 5.92 Å². The number of nitrogens with one attached hydrogen (secondary N) is 2. The number of ether oxygens (including phenoxy) is 1. The number of amides is 2. The van der Waals surface area contributed by atoms with Crippen LogP contribution in [0.1, 0.15) is 25.3 Å². The van der Waals surface area contributed by atoms with Crippen LogP contribution in [0.15, 0.2) is 24.3 Å². The second-order valence-electron chi connectivity index (χ2n) is 5.47. The maximum absolute atomic E-state index is 12.2. The number of carbonyl (C=O) groups is 2. The lowest BCUT2D eigenvalue weighted by Gasteiger charge is -2.24. The average molecular weight is 290 g/mol. The lowest BCUT2D eigenvalue weighted by atomic mass is 9.97. The van der Waals surface area contributed by atoms with Crippen LogP contribution in [0.3, 0.4) is 0 Å². The number of hydrogen-bond donors (Lipinski definition) is 2. The Kier molecular flexibility index (Phi) is 5.20. The van der Waals surface area contributed by atoms with Gasteiger partial charge in [-0.2, -0.15) is 0 Å². The topological polar surface area (TPSA) is 67.4 Å². The summed E-state index contributed by atoms with van der Waals surface area (Å²) < 4.78 is 5.32. The molecule has 0 aliphatic carbocycles. The quantitative estimate of drug-likeness (QED) is 0.858. The monoisotopic (exact) mass is 290 g/mol. The zero-order chi connectivity index (χ0) is 15.2. The molecule has 2 unspecified atom stereocenters. The molecule has 1 aliphatic heterocycles. The van der Waals surface area contributed by atoms with E-state index in [1.165, 1.54) is 0 Å². The van der Waals surface area contributed by atoms with Gasteiger partial charge in [-0.05, 0) is 31.4 Å². The molecule has 2 rings (SSSR count). The molecule has 2 amide bonds. The first-order valence-electron chi connectivity index (χ1n) is 7.29. The molecule has 114 valence electrons. The standard InChI is InChI=1S/C16H22N2O3/c1-11(9-12-5-3-4-6-14(12)21-2)18-16(20)13-7-8-15(19)17-10-13/h3-6,11,13H,7-10H2,1-2H3,(H,17,19)(H,18,20). The van der Waals surface area contributed by atoms with E-state index in [0.29, 0.717) is 19.4 Å². The minimum Gasteiger partial charge on any atom is -0.496 e. The van der Waals surface area contributed by atoms with Crippen molar-refractivity contribution in [3.63, 3.8) is 0 Å². The summed E-state index contributed by atoms with van der Waals surface area (Å²) in [6, 6.07) is 7.83. The molecule has 1 aliphatic rings. The zero-order valence-corrected chi connectivity index (χ0v) is 12.5. The molecular weight excluding hydrogens is 268 g/mol. The molecular formula is C16H22N2O3. The van der Waals surface area contributed by atoms with Crippen LogP contribution < -0.4 is 15.4 Å². The van der Waals surface area contributed by atoms with Crippen molar-refractivity contribution in [2.75, 3.05) is 13.7 Å². The van der Waals surface area contributed by atoms with E-state index in [9.17, 15) is 9.59 Å². The molecule has 5 heteroatoms. The molecule has 2 atom stereocenters. The Morgan fingerprint density at radius 1 is 1.48 bits per heavy atom. The van der Waals surface area contributed by atoms with Gasteiger partial charge >= 0.3 is 0 Å². The summed E-state index contributed by atoms with van der Waals surface area (Å²) in [6.07, 6.45) is 1.77. The van der Waals surface area contributed by atoms with Crippen molar-refractivity contribution in [3.8, 4) is 5.75 Å². The van der Waals surface area contributed by atoms with E-state index in [-0.39, 0.29) is 23.8 Å². The van der Waals surface area contributed by atoms with Crippen molar-refractivity contribution in [2.45, 2.75) is 32.2 Å². The first-order valence-corrected chi connectivity index (χ1v) is 7.29. The van der Waals surface area contributed by atoms with Gasteiger partial charge in [0.1, 0.15) is 5.75 Å². The summed E-state index contributed by atoms with van der Waals surface area (Å²) in [4.78, 5) is 23.3. The van der Waals surface area contributed by atoms with Crippen molar-refractivity contribution in [3.05, 3.63) is 29.8 Å². The predicted octanol–water partition coefficient (Wildman–Crippen LogP) is 1.27. The minimum atomic E-state index is -0.122. The highest BCUT2D eigenvalue weighted by Crippen LogP contribution is 2.19. The van der Waals surface area contributed by atoms with Crippen molar-refractivity contribution in [1.82, 2.24) is 10.6 Å². The van der Waals surface area contributed by atoms with Crippen molar-refractivity contribution >= 4 is 11.8 Å². The van der Waals surface area contributed by atoms with Crippen molar-refractivity contribution in [1.29, 1.82) is 0 Å². The van der Waals surface area contributed by atoms with Crippen LogP contribution in [0.5, 0.6) is 5.75 Å². The van der Waals surface area contributed by atoms with E-state index < -0.39 is 0 Å². The number of para-hydroxylation sites is 1. The normalized spacial score (nSPS) is 19.5. The number of rotatable bonds is 5. The third-order valence-corrected chi connectivity index (χ3v) is 3.74. The Morgan fingerprint density at radius 3 is 2.90 bits per heavy atom. The van der Waals surface area contributed by atoms with Gasteiger partial charge in [-0.3, -0.25) is 9.59 Å². The second-order valence-corrected chi connectivity index (χ2v) is 5.47. The van der Waals surface area contributed by atoms with E-state index in [2.05, 4.69) is 10.6 Å². The highest BCUT2D eigenvalue weighted by molar-refractivity contribution is 5.83. The van der Waals surface area contributed by atoms with Gasteiger partial charge in [0.05, 0.1) is 13.0 Å². The molecule has 0 spiro atoms. The molecule has 1 aromatic carbocycles. The smallest absolute Gasteiger partial charge is 0.225 e. The van der Waals surface area contributed by atoms with E-state index >= 15 is 0 Å². The number of benzene rings is 1. The maximum Gasteiger partial charge on any atom is 0.225 e. The summed E-state index contributed by atoms with van der Waals surface area (Å²) in [5.74, 6) is 0.755. The maximum atomic E-state index is 12.2. The Balaban J connectivity index is 1.87. The number of carbonyl (C=O) groups excluding carboxylic acids is 2. The zero-order valence-electron chi connectivity index (χ0n) is 12.5. The van der Waals surface area contributed by atoms with Gasteiger partial charge in [-0.1, -0.05) is 18.2 Å². The molecule has 1 saturated heterocycles. The Bertz CT molecular complexity index is 506. The molecule has 5 nitrogen and oxygen atoms in total. The first-order chi connectivity index (χ1) is 10.1. The molecule has 0 radical (unpaired) electrons. The number of hydrogen-bond acceptors (Lipinski definition) is 3. The first kappa shape index (κ1) is 15.4. The van der Waals surface area contributed by atoms with E-state index in [0.717, 1.165) is 17.7 Å². The van der Waals surface area contributed by atoms with Gasteiger partial charge in [0.2, 0.25) is 11.8 Å². The van der Waals surface area contributed by atoms with Crippen LogP contribution >= 0.6 is 0 Å². The fraction of sp³-hybridized carbons (Fsp3) is 0.500. The predicted molar refractivity (Wildman–Crippen MR) is 80.0 cm³/mol. The van der Waals surface area contributed by atoms with Gasteiger partial charge < -0.3 is 15.4 Å². The van der Waals surface area contributed by atoms with Crippen molar-refractivity contribution in [2.24, 2.45) is 5.92 Å². The largest absolute Gasteiger partial charge is 0.496 e. The van der Waals surface area contributed by atoms with Crippen molar-refractivity contribution < 1.29 is 14.3 Å². The summed E-state index contributed by atoms with van der Waals surface area (Å²) in [5, 5.41) is 5.75. The fourth-order valence-corrected chi connectivity index (χ4v) is 2.57. The number of methoxy groups -OCH3 is 1. The summed E-state index contributed by atoms with van der Waals surface area (Å²) in [5.41, 5.74) is 1.07. The molecule has 0 aromatic heterocycles.